The van der Waals surface area contributed by atoms with Gasteiger partial charge in [-0.25, -0.2) is 8.78 Å². The summed E-state index contributed by atoms with van der Waals surface area (Å²) in [4.78, 5) is 17.7. The average Bonchev–Trinajstić information content (AvgIpc) is 2.83. The molecule has 3 aromatic rings. The summed E-state index contributed by atoms with van der Waals surface area (Å²) in [6, 6.07) is 19.7. The van der Waals surface area contributed by atoms with Crippen molar-refractivity contribution in [3.05, 3.63) is 95.6 Å². The van der Waals surface area contributed by atoms with E-state index < -0.39 is 0 Å². The highest BCUT2D eigenvalue weighted by Gasteiger charge is 2.31. The maximum atomic E-state index is 13.6. The van der Waals surface area contributed by atoms with Crippen molar-refractivity contribution in [1.82, 2.24) is 4.90 Å². The van der Waals surface area contributed by atoms with Gasteiger partial charge in [-0.1, -0.05) is 24.3 Å². The minimum Gasteiger partial charge on any atom is -0.496 e. The molecule has 1 aliphatic heterocycles. The lowest BCUT2D eigenvalue weighted by Gasteiger charge is -2.39. The van der Waals surface area contributed by atoms with Crippen LogP contribution in [0.5, 0.6) is 5.75 Å². The number of amides is 1. The van der Waals surface area contributed by atoms with Crippen molar-refractivity contribution in [2.24, 2.45) is 0 Å². The Bertz CT molecular complexity index is 1050. The topological polar surface area (TPSA) is 32.8 Å². The highest BCUT2D eigenvalue weighted by atomic mass is 19.1. The maximum Gasteiger partial charge on any atom is 0.262 e. The molecule has 0 spiro atoms. The first-order chi connectivity index (χ1) is 15.5. The molecule has 1 aliphatic rings. The number of piperidine rings is 1. The minimum absolute atomic E-state index is 0.0256. The van der Waals surface area contributed by atoms with Crippen LogP contribution >= 0.6 is 0 Å². The number of likely N-dealkylation sites (tertiary alicyclic amines) is 1. The Morgan fingerprint density at radius 2 is 1.53 bits per heavy atom. The quantitative estimate of drug-likeness (QED) is 0.527. The Labute approximate surface area is 187 Å². The molecule has 0 bridgehead atoms. The predicted molar refractivity (Wildman–Crippen MR) is 121 cm³/mol. The van der Waals surface area contributed by atoms with E-state index in [1.54, 1.807) is 48.4 Å². The molecule has 0 unspecified atom stereocenters. The van der Waals surface area contributed by atoms with Gasteiger partial charge in [0.15, 0.2) is 0 Å². The smallest absolute Gasteiger partial charge is 0.262 e. The van der Waals surface area contributed by atoms with Crippen molar-refractivity contribution in [2.75, 3.05) is 25.1 Å². The standard InChI is InChI=1S/C26H26F2N2O2/c1-32-25-5-3-2-4-24(25)26(31)30(22-12-10-21(28)11-13-22)23-14-16-29(17-15-23)18-19-6-8-20(27)9-7-19/h2-13,23H,14-18H2,1H3. The lowest BCUT2D eigenvalue weighted by molar-refractivity contribution is 0.0955. The highest BCUT2D eigenvalue weighted by molar-refractivity contribution is 6.08. The molecule has 1 saturated heterocycles. The summed E-state index contributed by atoms with van der Waals surface area (Å²) in [5.74, 6) is -0.228. The monoisotopic (exact) mass is 436 g/mol. The number of hydrogen-bond acceptors (Lipinski definition) is 3. The normalized spacial score (nSPS) is 14.8. The van der Waals surface area contributed by atoms with E-state index in [0.717, 1.165) is 38.0 Å². The summed E-state index contributed by atoms with van der Waals surface area (Å²) >= 11 is 0. The molecule has 1 heterocycles. The zero-order valence-corrected chi connectivity index (χ0v) is 18.0. The fraction of sp³-hybridized carbons (Fsp3) is 0.269. The van der Waals surface area contributed by atoms with Gasteiger partial charge in [-0.2, -0.15) is 0 Å². The number of halogens is 2. The first-order valence-electron chi connectivity index (χ1n) is 10.7. The third-order valence-corrected chi connectivity index (χ3v) is 5.90. The van der Waals surface area contributed by atoms with Crippen molar-refractivity contribution in [1.29, 1.82) is 0 Å². The van der Waals surface area contributed by atoms with Crippen molar-refractivity contribution in [3.8, 4) is 5.75 Å². The van der Waals surface area contributed by atoms with Crippen LogP contribution in [0.25, 0.3) is 0 Å². The number of para-hydroxylation sites is 1. The van der Waals surface area contributed by atoms with Gasteiger partial charge in [0.25, 0.3) is 5.91 Å². The van der Waals surface area contributed by atoms with Crippen LogP contribution in [0.1, 0.15) is 28.8 Å². The van der Waals surface area contributed by atoms with Crippen LogP contribution < -0.4 is 9.64 Å². The Kier molecular flexibility index (Phi) is 6.81. The molecule has 166 valence electrons. The molecule has 1 amide bonds. The molecule has 32 heavy (non-hydrogen) atoms. The Balaban J connectivity index is 1.54. The number of hydrogen-bond donors (Lipinski definition) is 0. The minimum atomic E-state index is -0.340. The van der Waals surface area contributed by atoms with E-state index in [4.69, 9.17) is 4.74 Å². The van der Waals surface area contributed by atoms with Gasteiger partial charge >= 0.3 is 0 Å². The largest absolute Gasteiger partial charge is 0.496 e. The van der Waals surface area contributed by atoms with Crippen molar-refractivity contribution >= 4 is 11.6 Å². The molecular weight excluding hydrogens is 410 g/mol. The molecule has 3 aromatic carbocycles. The number of methoxy groups -OCH3 is 1. The summed E-state index contributed by atoms with van der Waals surface area (Å²) in [7, 11) is 1.54. The number of ether oxygens (including phenoxy) is 1. The summed E-state index contributed by atoms with van der Waals surface area (Å²) in [5, 5.41) is 0. The van der Waals surface area contributed by atoms with Gasteiger partial charge < -0.3 is 9.64 Å². The molecule has 0 N–H and O–H groups in total. The third-order valence-electron chi connectivity index (χ3n) is 5.90. The van der Waals surface area contributed by atoms with Gasteiger partial charge in [0.05, 0.1) is 12.7 Å². The fourth-order valence-corrected chi connectivity index (χ4v) is 4.23. The Hall–Kier alpha value is -3.25. The second-order valence-corrected chi connectivity index (χ2v) is 7.99. The molecular formula is C26H26F2N2O2. The number of rotatable bonds is 6. The summed E-state index contributed by atoms with van der Waals surface area (Å²) in [6.07, 6.45) is 1.55. The van der Waals surface area contributed by atoms with Gasteiger partial charge in [0.2, 0.25) is 0 Å². The van der Waals surface area contributed by atoms with Crippen LogP contribution in [-0.4, -0.2) is 37.0 Å². The zero-order valence-electron chi connectivity index (χ0n) is 18.0. The summed E-state index contributed by atoms with van der Waals surface area (Å²) in [6.45, 7) is 2.35. The van der Waals surface area contributed by atoms with Crippen LogP contribution in [0.4, 0.5) is 14.5 Å². The van der Waals surface area contributed by atoms with E-state index in [1.807, 2.05) is 12.1 Å². The van der Waals surface area contributed by atoms with E-state index >= 15 is 0 Å². The molecule has 1 fully saturated rings. The lowest BCUT2D eigenvalue weighted by Crippen LogP contribution is -2.47. The number of carbonyl (C=O) groups is 1. The Morgan fingerprint density at radius 1 is 0.938 bits per heavy atom. The maximum absolute atomic E-state index is 13.6. The van der Waals surface area contributed by atoms with Crippen LogP contribution in [0.15, 0.2) is 72.8 Å². The lowest BCUT2D eigenvalue weighted by atomic mass is 10.00. The molecule has 4 rings (SSSR count). The molecule has 0 saturated carbocycles. The second-order valence-electron chi connectivity index (χ2n) is 7.99. The average molecular weight is 437 g/mol. The SMILES string of the molecule is COc1ccccc1C(=O)N(c1ccc(F)cc1)C1CCN(Cc2ccc(F)cc2)CC1. The van der Waals surface area contributed by atoms with Crippen LogP contribution in [0.2, 0.25) is 0 Å². The first-order valence-corrected chi connectivity index (χ1v) is 10.7. The van der Waals surface area contributed by atoms with Gasteiger partial charge in [-0.15, -0.1) is 0 Å². The van der Waals surface area contributed by atoms with Gasteiger partial charge in [-0.3, -0.25) is 9.69 Å². The zero-order chi connectivity index (χ0) is 22.5. The predicted octanol–water partition coefficient (Wildman–Crippen LogP) is 5.28. The molecule has 4 nitrogen and oxygen atoms in total. The molecule has 6 heteroatoms. The molecule has 0 atom stereocenters. The third kappa shape index (κ3) is 4.97. The van der Waals surface area contributed by atoms with E-state index in [2.05, 4.69) is 4.90 Å². The van der Waals surface area contributed by atoms with Crippen molar-refractivity contribution in [3.63, 3.8) is 0 Å². The van der Waals surface area contributed by atoms with E-state index in [-0.39, 0.29) is 23.6 Å². The number of anilines is 1. The molecule has 0 radical (unpaired) electrons. The van der Waals surface area contributed by atoms with Gasteiger partial charge in [-0.05, 0) is 66.9 Å². The number of carbonyl (C=O) groups excluding carboxylic acids is 1. The van der Waals surface area contributed by atoms with Gasteiger partial charge in [0.1, 0.15) is 17.4 Å². The number of benzene rings is 3. The van der Waals surface area contributed by atoms with Crippen LogP contribution in [0.3, 0.4) is 0 Å². The molecule has 0 aliphatic carbocycles. The van der Waals surface area contributed by atoms with Crippen LogP contribution in [-0.2, 0) is 6.54 Å². The van der Waals surface area contributed by atoms with Crippen molar-refractivity contribution < 1.29 is 18.3 Å². The molecule has 0 aromatic heterocycles. The first kappa shape index (κ1) is 22.0. The van der Waals surface area contributed by atoms with E-state index in [9.17, 15) is 13.6 Å². The summed E-state index contributed by atoms with van der Waals surface area (Å²) < 4.78 is 32.2. The highest BCUT2D eigenvalue weighted by Crippen LogP contribution is 2.29. The second kappa shape index (κ2) is 9.92. The van der Waals surface area contributed by atoms with Crippen molar-refractivity contribution in [2.45, 2.75) is 25.4 Å². The fourth-order valence-electron chi connectivity index (χ4n) is 4.23. The van der Waals surface area contributed by atoms with E-state index in [0.29, 0.717) is 17.0 Å². The van der Waals surface area contributed by atoms with Crippen LogP contribution in [0, 0.1) is 11.6 Å². The summed E-state index contributed by atoms with van der Waals surface area (Å²) in [5.41, 5.74) is 2.21. The Morgan fingerprint density at radius 3 is 2.16 bits per heavy atom. The van der Waals surface area contributed by atoms with E-state index in [1.165, 1.54) is 24.3 Å². The number of nitrogens with zero attached hydrogens (tertiary/aromatic N) is 2. The van der Waals surface area contributed by atoms with Gasteiger partial charge in [0, 0.05) is 31.4 Å².